The Kier molecular flexibility index (Phi) is 4.26. The quantitative estimate of drug-likeness (QED) is 0.851. The Bertz CT molecular complexity index is 566. The van der Waals surface area contributed by atoms with Gasteiger partial charge in [-0.15, -0.1) is 0 Å². The number of rotatable bonds is 4. The number of carbonyl (C=O) groups excluding carboxylic acids is 2. The first-order chi connectivity index (χ1) is 9.95. The highest BCUT2D eigenvalue weighted by molar-refractivity contribution is 6.02. The lowest BCUT2D eigenvalue weighted by Gasteiger charge is -2.22. The highest BCUT2D eigenvalue weighted by atomic mass is 16.5. The smallest absolute Gasteiger partial charge is 0.326 e. The number of benzene rings is 1. The van der Waals surface area contributed by atoms with Crippen LogP contribution in [0, 0.1) is 0 Å². The molecule has 21 heavy (non-hydrogen) atoms. The number of anilines is 1. The van der Waals surface area contributed by atoms with Gasteiger partial charge in [-0.3, -0.25) is 14.5 Å². The van der Waals surface area contributed by atoms with Crippen LogP contribution >= 0.6 is 0 Å². The molecule has 2 rings (SSSR count). The van der Waals surface area contributed by atoms with Crippen molar-refractivity contribution in [1.29, 1.82) is 0 Å². The summed E-state index contributed by atoms with van der Waals surface area (Å²) in [5, 5.41) is 9.16. The SMILES string of the molecule is COC(=O)C(C)c1ccc(N2C(=O)CC[C@H]2C(=O)O)cc1. The fourth-order valence-corrected chi connectivity index (χ4v) is 2.48. The van der Waals surface area contributed by atoms with E-state index in [2.05, 4.69) is 4.74 Å². The third kappa shape index (κ3) is 2.89. The van der Waals surface area contributed by atoms with Gasteiger partial charge in [-0.1, -0.05) is 12.1 Å². The van der Waals surface area contributed by atoms with Crippen LogP contribution in [-0.2, 0) is 19.1 Å². The van der Waals surface area contributed by atoms with Gasteiger partial charge in [-0.2, -0.15) is 0 Å². The molecule has 112 valence electrons. The number of hydrogen-bond donors (Lipinski definition) is 1. The molecular weight excluding hydrogens is 274 g/mol. The van der Waals surface area contributed by atoms with Crippen LogP contribution in [0.15, 0.2) is 24.3 Å². The normalized spacial score (nSPS) is 19.4. The van der Waals surface area contributed by atoms with E-state index >= 15 is 0 Å². The van der Waals surface area contributed by atoms with Gasteiger partial charge in [0.1, 0.15) is 6.04 Å². The third-order valence-electron chi connectivity index (χ3n) is 3.72. The molecule has 1 aliphatic heterocycles. The molecule has 1 amide bonds. The highest BCUT2D eigenvalue weighted by Crippen LogP contribution is 2.28. The lowest BCUT2D eigenvalue weighted by Crippen LogP contribution is -2.38. The number of methoxy groups -OCH3 is 1. The number of hydrogen-bond acceptors (Lipinski definition) is 4. The van der Waals surface area contributed by atoms with E-state index in [4.69, 9.17) is 5.11 Å². The molecule has 0 aromatic heterocycles. The molecule has 1 aliphatic rings. The van der Waals surface area contributed by atoms with Gasteiger partial charge in [0, 0.05) is 12.1 Å². The molecule has 1 unspecified atom stereocenters. The van der Waals surface area contributed by atoms with Crippen LogP contribution in [0.25, 0.3) is 0 Å². The lowest BCUT2D eigenvalue weighted by molar-refractivity contribution is -0.142. The molecule has 0 aliphatic carbocycles. The maximum atomic E-state index is 11.9. The predicted octanol–water partition coefficient (Wildman–Crippen LogP) is 1.54. The monoisotopic (exact) mass is 291 g/mol. The zero-order valence-electron chi connectivity index (χ0n) is 11.9. The van der Waals surface area contributed by atoms with Gasteiger partial charge in [0.05, 0.1) is 13.0 Å². The molecule has 0 saturated carbocycles. The zero-order valence-corrected chi connectivity index (χ0v) is 11.9. The van der Waals surface area contributed by atoms with Crippen molar-refractivity contribution >= 4 is 23.5 Å². The van der Waals surface area contributed by atoms with Crippen LogP contribution in [-0.4, -0.2) is 36.1 Å². The summed E-state index contributed by atoms with van der Waals surface area (Å²) in [6.07, 6.45) is 0.547. The maximum Gasteiger partial charge on any atom is 0.326 e. The highest BCUT2D eigenvalue weighted by Gasteiger charge is 2.37. The Morgan fingerprint density at radius 2 is 1.95 bits per heavy atom. The number of carboxylic acids is 1. The number of carbonyl (C=O) groups is 3. The first kappa shape index (κ1) is 15.0. The van der Waals surface area contributed by atoms with Gasteiger partial charge in [-0.05, 0) is 31.0 Å². The largest absolute Gasteiger partial charge is 0.480 e. The van der Waals surface area contributed by atoms with E-state index < -0.39 is 17.9 Å². The number of ether oxygens (including phenoxy) is 1. The minimum Gasteiger partial charge on any atom is -0.480 e. The second-order valence-electron chi connectivity index (χ2n) is 4.99. The zero-order chi connectivity index (χ0) is 15.6. The molecule has 1 aromatic rings. The fourth-order valence-electron chi connectivity index (χ4n) is 2.48. The van der Waals surface area contributed by atoms with Crippen LogP contribution < -0.4 is 4.90 Å². The minimum absolute atomic E-state index is 0.198. The summed E-state index contributed by atoms with van der Waals surface area (Å²) >= 11 is 0. The van der Waals surface area contributed by atoms with E-state index in [0.29, 0.717) is 12.1 Å². The Morgan fingerprint density at radius 1 is 1.33 bits per heavy atom. The summed E-state index contributed by atoms with van der Waals surface area (Å²) in [4.78, 5) is 35.8. The molecule has 1 N–H and O–H groups in total. The summed E-state index contributed by atoms with van der Waals surface area (Å²) in [6.45, 7) is 1.72. The van der Waals surface area contributed by atoms with Crippen molar-refractivity contribution in [1.82, 2.24) is 0 Å². The van der Waals surface area contributed by atoms with Crippen LogP contribution in [0.5, 0.6) is 0 Å². The summed E-state index contributed by atoms with van der Waals surface area (Å²) in [5.41, 5.74) is 1.29. The van der Waals surface area contributed by atoms with E-state index in [-0.39, 0.29) is 18.3 Å². The maximum absolute atomic E-state index is 11.9. The molecule has 6 nitrogen and oxygen atoms in total. The van der Waals surface area contributed by atoms with Gasteiger partial charge >= 0.3 is 11.9 Å². The molecule has 1 heterocycles. The number of carboxylic acid groups (broad SMARTS) is 1. The van der Waals surface area contributed by atoms with Crippen molar-refractivity contribution in [3.63, 3.8) is 0 Å². The van der Waals surface area contributed by atoms with Crippen molar-refractivity contribution in [3.8, 4) is 0 Å². The van der Waals surface area contributed by atoms with Crippen molar-refractivity contribution in [2.45, 2.75) is 31.7 Å². The van der Waals surface area contributed by atoms with Crippen LogP contribution in [0.3, 0.4) is 0 Å². The summed E-state index contributed by atoms with van der Waals surface area (Å²) in [7, 11) is 1.33. The van der Waals surface area contributed by atoms with Crippen molar-refractivity contribution in [3.05, 3.63) is 29.8 Å². The summed E-state index contributed by atoms with van der Waals surface area (Å²) in [6, 6.07) is 5.92. The molecule has 0 bridgehead atoms. The van der Waals surface area contributed by atoms with Gasteiger partial charge in [0.15, 0.2) is 0 Å². The van der Waals surface area contributed by atoms with Crippen LogP contribution in [0.1, 0.15) is 31.2 Å². The number of aliphatic carboxylic acids is 1. The van der Waals surface area contributed by atoms with E-state index in [1.165, 1.54) is 12.0 Å². The number of nitrogens with zero attached hydrogens (tertiary/aromatic N) is 1. The van der Waals surface area contributed by atoms with E-state index in [1.54, 1.807) is 31.2 Å². The summed E-state index contributed by atoms with van der Waals surface area (Å²) in [5.74, 6) is -1.96. The van der Waals surface area contributed by atoms with Gasteiger partial charge < -0.3 is 9.84 Å². The Balaban J connectivity index is 2.24. The summed E-state index contributed by atoms with van der Waals surface area (Å²) < 4.78 is 4.68. The molecule has 1 saturated heterocycles. The molecule has 1 aromatic carbocycles. The third-order valence-corrected chi connectivity index (χ3v) is 3.72. The first-order valence-electron chi connectivity index (χ1n) is 6.68. The van der Waals surface area contributed by atoms with Crippen LogP contribution in [0.2, 0.25) is 0 Å². The standard InChI is InChI=1S/C15H17NO5/c1-9(15(20)21-2)10-3-5-11(6-4-10)16-12(14(18)19)7-8-13(16)17/h3-6,9,12H,7-8H2,1-2H3,(H,18,19)/t9?,12-/m0/s1. The topological polar surface area (TPSA) is 83.9 Å². The Labute approximate surface area is 122 Å². The Morgan fingerprint density at radius 3 is 2.48 bits per heavy atom. The van der Waals surface area contributed by atoms with Crippen molar-refractivity contribution in [2.75, 3.05) is 12.0 Å². The Hall–Kier alpha value is -2.37. The fraction of sp³-hybridized carbons (Fsp3) is 0.400. The second kappa shape index (κ2) is 5.95. The minimum atomic E-state index is -1.01. The van der Waals surface area contributed by atoms with Gasteiger partial charge in [0.25, 0.3) is 0 Å². The van der Waals surface area contributed by atoms with E-state index in [1.807, 2.05) is 0 Å². The van der Waals surface area contributed by atoms with Crippen LogP contribution in [0.4, 0.5) is 5.69 Å². The van der Waals surface area contributed by atoms with Gasteiger partial charge in [-0.25, -0.2) is 4.79 Å². The second-order valence-corrected chi connectivity index (χ2v) is 4.99. The average Bonchev–Trinajstić information content (AvgIpc) is 2.87. The van der Waals surface area contributed by atoms with Gasteiger partial charge in [0.2, 0.25) is 5.91 Å². The first-order valence-corrected chi connectivity index (χ1v) is 6.68. The number of amides is 1. The van der Waals surface area contributed by atoms with E-state index in [0.717, 1.165) is 5.56 Å². The molecule has 2 atom stereocenters. The van der Waals surface area contributed by atoms with Crippen molar-refractivity contribution < 1.29 is 24.2 Å². The molecule has 1 fully saturated rings. The predicted molar refractivity (Wildman–Crippen MR) is 75.0 cm³/mol. The average molecular weight is 291 g/mol. The van der Waals surface area contributed by atoms with E-state index in [9.17, 15) is 14.4 Å². The number of esters is 1. The molecular formula is C15H17NO5. The molecule has 0 radical (unpaired) electrons. The lowest BCUT2D eigenvalue weighted by atomic mass is 10.0. The van der Waals surface area contributed by atoms with Crippen molar-refractivity contribution in [2.24, 2.45) is 0 Å². The molecule has 6 heteroatoms. The molecule has 0 spiro atoms.